The molecule has 1 saturated heterocycles. The minimum absolute atomic E-state index is 0.396. The minimum Gasteiger partial charge on any atom is -0.397 e. The third-order valence-electron chi connectivity index (χ3n) is 2.87. The Morgan fingerprint density at radius 1 is 1.50 bits per heavy atom. The summed E-state index contributed by atoms with van der Waals surface area (Å²) in [6.45, 7) is 3.36. The molecule has 1 aromatic carbocycles. The number of benzene rings is 1. The molecule has 0 spiro atoms. The zero-order valence-corrected chi connectivity index (χ0v) is 9.49. The van der Waals surface area contributed by atoms with Crippen LogP contribution in [0.4, 0.5) is 11.4 Å². The van der Waals surface area contributed by atoms with Crippen molar-refractivity contribution in [1.82, 2.24) is 0 Å². The van der Waals surface area contributed by atoms with Crippen molar-refractivity contribution in [2.75, 3.05) is 30.8 Å². The molecule has 0 amide bonds. The smallest absolute Gasteiger partial charge is 0.128 e. The van der Waals surface area contributed by atoms with Gasteiger partial charge in [0.1, 0.15) is 5.60 Å². The summed E-state index contributed by atoms with van der Waals surface area (Å²) in [7, 11) is 0. The molecule has 0 aliphatic carbocycles. The van der Waals surface area contributed by atoms with Gasteiger partial charge in [0.15, 0.2) is 0 Å². The van der Waals surface area contributed by atoms with Gasteiger partial charge >= 0.3 is 0 Å². The summed E-state index contributed by atoms with van der Waals surface area (Å²) in [6.07, 6.45) is 0.974. The Morgan fingerprint density at radius 2 is 2.25 bits per heavy atom. The zero-order chi connectivity index (χ0) is 11.6. The Balaban J connectivity index is 1.98. The van der Waals surface area contributed by atoms with E-state index in [9.17, 15) is 5.11 Å². The van der Waals surface area contributed by atoms with Crippen molar-refractivity contribution >= 4 is 11.4 Å². The summed E-state index contributed by atoms with van der Waals surface area (Å²) in [5.74, 6) is 0. The number of aliphatic hydroxyl groups is 1. The van der Waals surface area contributed by atoms with Crippen LogP contribution in [0.5, 0.6) is 0 Å². The van der Waals surface area contributed by atoms with E-state index in [4.69, 9.17) is 10.5 Å². The number of nitrogens with two attached hydrogens (primary N) is 1. The first-order valence-electron chi connectivity index (χ1n) is 5.55. The van der Waals surface area contributed by atoms with E-state index in [2.05, 4.69) is 12.2 Å². The highest BCUT2D eigenvalue weighted by Crippen LogP contribution is 2.23. The molecule has 4 heteroatoms. The quantitative estimate of drug-likeness (QED) is 0.665. The van der Waals surface area contributed by atoms with E-state index in [0.717, 1.165) is 17.8 Å². The Kier molecular flexibility index (Phi) is 3.03. The Bertz CT molecular complexity index is 375. The van der Waals surface area contributed by atoms with E-state index in [0.29, 0.717) is 19.8 Å². The molecule has 1 fully saturated rings. The fourth-order valence-electron chi connectivity index (χ4n) is 1.69. The van der Waals surface area contributed by atoms with Crippen LogP contribution >= 0.6 is 0 Å². The molecular weight excluding hydrogens is 204 g/mol. The summed E-state index contributed by atoms with van der Waals surface area (Å²) in [5, 5.41) is 13.0. The molecule has 1 aliphatic rings. The lowest BCUT2D eigenvalue weighted by molar-refractivity contribution is -0.168. The van der Waals surface area contributed by atoms with Gasteiger partial charge in [-0.05, 0) is 24.1 Å². The summed E-state index contributed by atoms with van der Waals surface area (Å²) >= 11 is 0. The Labute approximate surface area is 95.4 Å². The molecule has 1 aromatic rings. The average molecular weight is 222 g/mol. The SMILES string of the molecule is CCc1ccc(NCC2(O)COC2)c(N)c1. The molecule has 2 rings (SSSR count). The molecular formula is C12H18N2O2. The second kappa shape index (κ2) is 4.31. The zero-order valence-electron chi connectivity index (χ0n) is 9.49. The summed E-state index contributed by atoms with van der Waals surface area (Å²) in [4.78, 5) is 0. The third-order valence-corrected chi connectivity index (χ3v) is 2.87. The minimum atomic E-state index is -0.726. The first-order valence-corrected chi connectivity index (χ1v) is 5.55. The maximum absolute atomic E-state index is 9.83. The van der Waals surface area contributed by atoms with Gasteiger partial charge in [0, 0.05) is 6.54 Å². The van der Waals surface area contributed by atoms with Gasteiger partial charge in [-0.2, -0.15) is 0 Å². The first kappa shape index (κ1) is 11.2. The second-order valence-corrected chi connectivity index (χ2v) is 4.35. The molecule has 0 saturated carbocycles. The Morgan fingerprint density at radius 3 is 2.75 bits per heavy atom. The highest BCUT2D eigenvalue weighted by atomic mass is 16.5. The van der Waals surface area contributed by atoms with E-state index in [1.165, 1.54) is 5.56 Å². The van der Waals surface area contributed by atoms with Crippen LogP contribution in [0.15, 0.2) is 18.2 Å². The molecule has 4 N–H and O–H groups in total. The second-order valence-electron chi connectivity index (χ2n) is 4.35. The van der Waals surface area contributed by atoms with Crippen molar-refractivity contribution in [3.63, 3.8) is 0 Å². The van der Waals surface area contributed by atoms with Crippen molar-refractivity contribution in [2.45, 2.75) is 18.9 Å². The van der Waals surface area contributed by atoms with Crippen LogP contribution in [0.25, 0.3) is 0 Å². The van der Waals surface area contributed by atoms with Crippen LogP contribution in [0.1, 0.15) is 12.5 Å². The van der Waals surface area contributed by atoms with E-state index >= 15 is 0 Å². The number of aryl methyl sites for hydroxylation is 1. The lowest BCUT2D eigenvalue weighted by Gasteiger charge is -2.36. The highest BCUT2D eigenvalue weighted by molar-refractivity contribution is 5.67. The fourth-order valence-corrected chi connectivity index (χ4v) is 1.69. The molecule has 0 aromatic heterocycles. The molecule has 4 nitrogen and oxygen atoms in total. The van der Waals surface area contributed by atoms with E-state index in [-0.39, 0.29) is 0 Å². The van der Waals surface area contributed by atoms with Gasteiger partial charge in [-0.25, -0.2) is 0 Å². The highest BCUT2D eigenvalue weighted by Gasteiger charge is 2.35. The lowest BCUT2D eigenvalue weighted by Crippen LogP contribution is -2.54. The molecule has 0 bridgehead atoms. The molecule has 0 atom stereocenters. The van der Waals surface area contributed by atoms with Crippen LogP contribution in [-0.4, -0.2) is 30.5 Å². The number of nitrogen functional groups attached to an aromatic ring is 1. The maximum atomic E-state index is 9.83. The van der Waals surface area contributed by atoms with Gasteiger partial charge in [-0.15, -0.1) is 0 Å². The van der Waals surface area contributed by atoms with Crippen molar-refractivity contribution < 1.29 is 9.84 Å². The van der Waals surface area contributed by atoms with Crippen LogP contribution in [0.3, 0.4) is 0 Å². The van der Waals surface area contributed by atoms with Gasteiger partial charge in [0.25, 0.3) is 0 Å². The van der Waals surface area contributed by atoms with Gasteiger partial charge in [0.05, 0.1) is 24.6 Å². The number of rotatable bonds is 4. The lowest BCUT2D eigenvalue weighted by atomic mass is 10.0. The molecule has 88 valence electrons. The predicted molar refractivity (Wildman–Crippen MR) is 64.5 cm³/mol. The average Bonchev–Trinajstić information content (AvgIpc) is 2.25. The number of hydrogen-bond acceptors (Lipinski definition) is 4. The molecule has 1 heterocycles. The standard InChI is InChI=1S/C12H18N2O2/c1-2-9-3-4-11(10(13)5-9)14-6-12(15)7-16-8-12/h3-5,14-15H,2,6-8,13H2,1H3. The van der Waals surface area contributed by atoms with Gasteiger partial charge < -0.3 is 20.9 Å². The fraction of sp³-hybridized carbons (Fsp3) is 0.500. The topological polar surface area (TPSA) is 67.5 Å². The summed E-state index contributed by atoms with van der Waals surface area (Å²) in [5.41, 5.74) is 8.00. The number of nitrogens with one attached hydrogen (secondary N) is 1. The van der Waals surface area contributed by atoms with E-state index in [1.807, 2.05) is 18.2 Å². The monoisotopic (exact) mass is 222 g/mol. The summed E-state index contributed by atoms with van der Waals surface area (Å²) < 4.78 is 4.97. The maximum Gasteiger partial charge on any atom is 0.128 e. The van der Waals surface area contributed by atoms with Crippen molar-refractivity contribution in [1.29, 1.82) is 0 Å². The Hall–Kier alpha value is -1.26. The van der Waals surface area contributed by atoms with Crippen LogP contribution < -0.4 is 11.1 Å². The van der Waals surface area contributed by atoms with Gasteiger partial charge in [0.2, 0.25) is 0 Å². The summed E-state index contributed by atoms with van der Waals surface area (Å²) in [6, 6.07) is 5.96. The van der Waals surface area contributed by atoms with Gasteiger partial charge in [-0.1, -0.05) is 13.0 Å². The number of ether oxygens (including phenoxy) is 1. The van der Waals surface area contributed by atoms with E-state index in [1.54, 1.807) is 0 Å². The molecule has 1 aliphatic heterocycles. The normalized spacial score (nSPS) is 17.9. The van der Waals surface area contributed by atoms with Crippen molar-refractivity contribution in [3.8, 4) is 0 Å². The van der Waals surface area contributed by atoms with Crippen LogP contribution in [0.2, 0.25) is 0 Å². The predicted octanol–water partition coefficient (Wildman–Crippen LogP) is 1.00. The number of anilines is 2. The number of hydrogen-bond donors (Lipinski definition) is 3. The third kappa shape index (κ3) is 2.28. The molecule has 0 unspecified atom stereocenters. The van der Waals surface area contributed by atoms with Crippen molar-refractivity contribution in [3.05, 3.63) is 23.8 Å². The molecule has 0 radical (unpaired) electrons. The van der Waals surface area contributed by atoms with Crippen molar-refractivity contribution in [2.24, 2.45) is 0 Å². The van der Waals surface area contributed by atoms with Gasteiger partial charge in [-0.3, -0.25) is 0 Å². The van der Waals surface area contributed by atoms with Crippen LogP contribution in [-0.2, 0) is 11.2 Å². The van der Waals surface area contributed by atoms with Crippen LogP contribution in [0, 0.1) is 0 Å². The largest absolute Gasteiger partial charge is 0.397 e. The first-order chi connectivity index (χ1) is 7.63. The van der Waals surface area contributed by atoms with E-state index < -0.39 is 5.60 Å². The molecule has 16 heavy (non-hydrogen) atoms.